The number of piperidine rings is 1. The summed E-state index contributed by atoms with van der Waals surface area (Å²) in [5, 5.41) is 0. The number of carbonyl (C=O) groups excluding carboxylic acids is 3. The Kier molecular flexibility index (Phi) is 5.73. The van der Waals surface area contributed by atoms with E-state index in [1.807, 2.05) is 0 Å². The Labute approximate surface area is 152 Å². The fourth-order valence-corrected chi connectivity index (χ4v) is 2.64. The van der Waals surface area contributed by atoms with E-state index < -0.39 is 45.8 Å². The molecule has 1 saturated heterocycles. The number of hydrogen-bond donors (Lipinski definition) is 0. The molecule has 1 aliphatic heterocycles. The average molecular weight is 397 g/mol. The Morgan fingerprint density at radius 2 is 1.88 bits per heavy atom. The number of hydrogen-bond acceptors (Lipinski definition) is 4. The molecule has 0 spiro atoms. The molecule has 0 bridgehead atoms. The number of ether oxygens (including phenoxy) is 1. The standard InChI is InChI=1S/C15H13Cl3FNO4/c1-20-11(21)6-10(8-2-4-9(19)5-3-8)12(13(20)22)14(23)24-7-15(16,17)18/h2-5,10,12H,6-7H2,1H3. The lowest BCUT2D eigenvalue weighted by molar-refractivity contribution is -0.162. The number of imide groups is 1. The molecule has 0 N–H and O–H groups in total. The van der Waals surface area contributed by atoms with Gasteiger partial charge in [0.2, 0.25) is 15.6 Å². The van der Waals surface area contributed by atoms with Crippen molar-refractivity contribution in [3.63, 3.8) is 0 Å². The van der Waals surface area contributed by atoms with Gasteiger partial charge in [-0.15, -0.1) is 0 Å². The van der Waals surface area contributed by atoms with Gasteiger partial charge in [-0.05, 0) is 17.7 Å². The van der Waals surface area contributed by atoms with Crippen molar-refractivity contribution in [3.05, 3.63) is 35.6 Å². The summed E-state index contributed by atoms with van der Waals surface area (Å²) in [6, 6.07) is 5.21. The third-order valence-corrected chi connectivity index (χ3v) is 4.03. The fourth-order valence-electron chi connectivity index (χ4n) is 2.47. The first kappa shape index (κ1) is 19.0. The van der Waals surface area contributed by atoms with Crippen molar-refractivity contribution >= 4 is 52.6 Å². The van der Waals surface area contributed by atoms with E-state index in [0.29, 0.717) is 5.56 Å². The van der Waals surface area contributed by atoms with Crippen LogP contribution in [-0.4, -0.2) is 40.1 Å². The van der Waals surface area contributed by atoms with Crippen LogP contribution in [0.4, 0.5) is 4.39 Å². The molecule has 2 amide bonds. The van der Waals surface area contributed by atoms with Crippen LogP contribution in [0.5, 0.6) is 0 Å². The molecule has 0 aliphatic carbocycles. The molecule has 1 fully saturated rings. The summed E-state index contributed by atoms with van der Waals surface area (Å²) < 4.78 is 16.2. The molecule has 1 aromatic carbocycles. The monoisotopic (exact) mass is 395 g/mol. The Hall–Kier alpha value is -1.37. The zero-order valence-corrected chi connectivity index (χ0v) is 14.7. The molecule has 0 saturated carbocycles. The van der Waals surface area contributed by atoms with E-state index in [-0.39, 0.29) is 6.42 Å². The number of likely N-dealkylation sites (tertiary alicyclic amines) is 1. The van der Waals surface area contributed by atoms with Crippen LogP contribution in [-0.2, 0) is 19.1 Å². The molecule has 2 atom stereocenters. The highest BCUT2D eigenvalue weighted by Crippen LogP contribution is 2.36. The van der Waals surface area contributed by atoms with E-state index in [0.717, 1.165) is 4.90 Å². The molecule has 2 unspecified atom stereocenters. The molecular weight excluding hydrogens is 384 g/mol. The molecule has 1 heterocycles. The largest absolute Gasteiger partial charge is 0.461 e. The van der Waals surface area contributed by atoms with Crippen LogP contribution in [0.15, 0.2) is 24.3 Å². The van der Waals surface area contributed by atoms with E-state index in [1.165, 1.54) is 31.3 Å². The number of benzene rings is 1. The first-order chi connectivity index (χ1) is 11.1. The van der Waals surface area contributed by atoms with Crippen molar-refractivity contribution in [1.82, 2.24) is 4.90 Å². The van der Waals surface area contributed by atoms with Crippen LogP contribution in [0.2, 0.25) is 0 Å². The third-order valence-electron chi connectivity index (χ3n) is 3.70. The Bertz CT molecular complexity index is 660. The zero-order valence-electron chi connectivity index (χ0n) is 12.5. The summed E-state index contributed by atoms with van der Waals surface area (Å²) in [6.07, 6.45) is -0.0958. The smallest absolute Gasteiger partial charge is 0.319 e. The lowest BCUT2D eigenvalue weighted by Crippen LogP contribution is -2.49. The van der Waals surface area contributed by atoms with Crippen molar-refractivity contribution in [2.75, 3.05) is 13.7 Å². The Morgan fingerprint density at radius 3 is 2.42 bits per heavy atom. The van der Waals surface area contributed by atoms with Crippen molar-refractivity contribution in [3.8, 4) is 0 Å². The summed E-state index contributed by atoms with van der Waals surface area (Å²) in [5.74, 6) is -4.58. The van der Waals surface area contributed by atoms with Crippen molar-refractivity contribution in [2.45, 2.75) is 16.1 Å². The molecule has 5 nitrogen and oxygen atoms in total. The number of alkyl halides is 3. The topological polar surface area (TPSA) is 63.7 Å². The minimum atomic E-state index is -1.82. The lowest BCUT2D eigenvalue weighted by atomic mass is 9.79. The second kappa shape index (κ2) is 7.25. The summed E-state index contributed by atoms with van der Waals surface area (Å²) in [5.41, 5.74) is 0.474. The maximum Gasteiger partial charge on any atom is 0.319 e. The second-order valence-electron chi connectivity index (χ2n) is 5.35. The predicted molar refractivity (Wildman–Crippen MR) is 86.3 cm³/mol. The summed E-state index contributed by atoms with van der Waals surface area (Å²) >= 11 is 16.6. The number of esters is 1. The summed E-state index contributed by atoms with van der Waals surface area (Å²) in [7, 11) is 1.28. The second-order valence-corrected chi connectivity index (χ2v) is 7.87. The number of amides is 2. The number of carbonyl (C=O) groups is 3. The highest BCUT2D eigenvalue weighted by molar-refractivity contribution is 6.67. The highest BCUT2D eigenvalue weighted by atomic mass is 35.6. The Balaban J connectivity index is 2.30. The van der Waals surface area contributed by atoms with E-state index >= 15 is 0 Å². The molecule has 130 valence electrons. The minimum Gasteiger partial charge on any atom is -0.461 e. The van der Waals surface area contributed by atoms with Crippen LogP contribution < -0.4 is 0 Å². The van der Waals surface area contributed by atoms with Gasteiger partial charge in [0.15, 0.2) is 0 Å². The van der Waals surface area contributed by atoms with Crippen LogP contribution >= 0.6 is 34.8 Å². The zero-order chi connectivity index (χ0) is 18.1. The first-order valence-electron chi connectivity index (χ1n) is 6.89. The normalized spacial score (nSPS) is 21.8. The molecule has 1 aromatic rings. The van der Waals surface area contributed by atoms with Gasteiger partial charge in [0.05, 0.1) is 0 Å². The molecule has 24 heavy (non-hydrogen) atoms. The maximum atomic E-state index is 13.1. The van der Waals surface area contributed by atoms with Gasteiger partial charge in [0, 0.05) is 19.4 Å². The van der Waals surface area contributed by atoms with Gasteiger partial charge in [0.1, 0.15) is 18.3 Å². The molecule has 0 radical (unpaired) electrons. The van der Waals surface area contributed by atoms with Crippen LogP contribution in [0.25, 0.3) is 0 Å². The summed E-state index contributed by atoms with van der Waals surface area (Å²) in [6.45, 7) is -0.534. The van der Waals surface area contributed by atoms with Gasteiger partial charge < -0.3 is 4.74 Å². The Morgan fingerprint density at radius 1 is 1.29 bits per heavy atom. The van der Waals surface area contributed by atoms with Crippen molar-refractivity contribution in [2.24, 2.45) is 5.92 Å². The number of nitrogens with zero attached hydrogens (tertiary/aromatic N) is 1. The van der Waals surface area contributed by atoms with Crippen LogP contribution in [0, 0.1) is 11.7 Å². The molecule has 0 aromatic heterocycles. The molecule has 1 aliphatic rings. The number of rotatable bonds is 3. The van der Waals surface area contributed by atoms with Gasteiger partial charge in [-0.2, -0.15) is 0 Å². The van der Waals surface area contributed by atoms with Gasteiger partial charge in [-0.1, -0.05) is 46.9 Å². The summed E-state index contributed by atoms with van der Waals surface area (Å²) in [4.78, 5) is 37.5. The fraction of sp³-hybridized carbons (Fsp3) is 0.400. The highest BCUT2D eigenvalue weighted by Gasteiger charge is 2.46. The van der Waals surface area contributed by atoms with Crippen LogP contribution in [0.3, 0.4) is 0 Å². The quantitative estimate of drug-likeness (QED) is 0.341. The van der Waals surface area contributed by atoms with Gasteiger partial charge in [0.25, 0.3) is 0 Å². The number of halogens is 4. The third kappa shape index (κ3) is 4.37. The van der Waals surface area contributed by atoms with E-state index in [1.54, 1.807) is 0 Å². The van der Waals surface area contributed by atoms with Crippen LogP contribution in [0.1, 0.15) is 17.9 Å². The average Bonchev–Trinajstić information content (AvgIpc) is 2.50. The SMILES string of the molecule is CN1C(=O)CC(c2ccc(F)cc2)C(C(=O)OCC(Cl)(Cl)Cl)C1=O. The molecule has 2 rings (SSSR count). The lowest BCUT2D eigenvalue weighted by Gasteiger charge is -2.33. The van der Waals surface area contributed by atoms with Crippen molar-refractivity contribution in [1.29, 1.82) is 0 Å². The van der Waals surface area contributed by atoms with Gasteiger partial charge >= 0.3 is 5.97 Å². The van der Waals surface area contributed by atoms with Gasteiger partial charge in [-0.3, -0.25) is 19.3 Å². The van der Waals surface area contributed by atoms with E-state index in [9.17, 15) is 18.8 Å². The minimum absolute atomic E-state index is 0.0958. The predicted octanol–water partition coefficient (Wildman–Crippen LogP) is 2.83. The molecular formula is C15H13Cl3FNO4. The molecule has 9 heteroatoms. The van der Waals surface area contributed by atoms with Crippen molar-refractivity contribution < 1.29 is 23.5 Å². The maximum absolute atomic E-state index is 13.1. The van der Waals surface area contributed by atoms with Gasteiger partial charge in [-0.25, -0.2) is 4.39 Å². The van der Waals surface area contributed by atoms with E-state index in [4.69, 9.17) is 39.5 Å². The van der Waals surface area contributed by atoms with E-state index in [2.05, 4.69) is 0 Å². The first-order valence-corrected chi connectivity index (χ1v) is 8.03.